The van der Waals surface area contributed by atoms with Crippen LogP contribution in [0.2, 0.25) is 0 Å². The summed E-state index contributed by atoms with van der Waals surface area (Å²) in [5, 5.41) is 1.18. The number of ether oxygens (including phenoxy) is 1. The summed E-state index contributed by atoms with van der Waals surface area (Å²) < 4.78 is 6.77. The van der Waals surface area contributed by atoms with Crippen LogP contribution in [0.25, 0.3) is 16.2 Å². The summed E-state index contributed by atoms with van der Waals surface area (Å²) in [6, 6.07) is 4.00. The van der Waals surface area contributed by atoms with Crippen LogP contribution in [0.3, 0.4) is 0 Å². The Kier molecular flexibility index (Phi) is 3.45. The molecule has 0 unspecified atom stereocenters. The van der Waals surface area contributed by atoms with E-state index >= 15 is 0 Å². The van der Waals surface area contributed by atoms with Crippen molar-refractivity contribution in [3.05, 3.63) is 46.4 Å². The predicted octanol–water partition coefficient (Wildman–Crippen LogP) is 4.76. The summed E-state index contributed by atoms with van der Waals surface area (Å²) >= 11 is 1.72. The maximum absolute atomic E-state index is 11.9. The normalized spacial score (nSPS) is 15.2. The molecule has 1 aliphatic heterocycles. The molecule has 0 radical (unpaired) electrons. The second-order valence-corrected chi connectivity index (χ2v) is 5.93. The number of allylic oxidation sites excluding steroid dienone is 3. The number of fused-ring (bicyclic) bond motifs is 2. The van der Waals surface area contributed by atoms with Gasteiger partial charge in [-0.15, -0.1) is 11.3 Å². The molecule has 2 heterocycles. The van der Waals surface area contributed by atoms with Crippen molar-refractivity contribution in [1.29, 1.82) is 0 Å². The Bertz CT molecular complexity index is 735. The quantitative estimate of drug-likeness (QED) is 0.743. The van der Waals surface area contributed by atoms with Gasteiger partial charge in [0, 0.05) is 16.0 Å². The first kappa shape index (κ1) is 13.1. The highest BCUT2D eigenvalue weighted by Crippen LogP contribution is 2.37. The molecule has 0 aliphatic carbocycles. The van der Waals surface area contributed by atoms with Crippen LogP contribution < -0.4 is 4.74 Å². The van der Waals surface area contributed by atoms with Crippen molar-refractivity contribution in [1.82, 2.24) is 0 Å². The second kappa shape index (κ2) is 5.25. The summed E-state index contributed by atoms with van der Waals surface area (Å²) in [6.07, 6.45) is 8.66. The molecule has 0 amide bonds. The van der Waals surface area contributed by atoms with Crippen molar-refractivity contribution in [2.24, 2.45) is 0 Å². The Morgan fingerprint density at radius 1 is 1.30 bits per heavy atom. The minimum absolute atomic E-state index is 0.185. The topological polar surface area (TPSA) is 26.3 Å². The molecule has 0 fully saturated rings. The highest BCUT2D eigenvalue weighted by Gasteiger charge is 2.20. The highest BCUT2D eigenvalue weighted by molar-refractivity contribution is 7.20. The fraction of sp³-hybridized carbons (Fsp3) is 0.235. The third-order valence-electron chi connectivity index (χ3n) is 3.51. The zero-order valence-corrected chi connectivity index (χ0v) is 12.4. The Hall–Kier alpha value is -1.87. The molecule has 0 N–H and O–H groups in total. The lowest BCUT2D eigenvalue weighted by Gasteiger charge is -2.16. The molecule has 0 saturated carbocycles. The fourth-order valence-corrected chi connectivity index (χ4v) is 3.55. The first-order valence-corrected chi connectivity index (χ1v) is 7.55. The van der Waals surface area contributed by atoms with E-state index in [1.165, 1.54) is 15.8 Å². The van der Waals surface area contributed by atoms with E-state index in [1.54, 1.807) is 11.3 Å². The standard InChI is InChI=1S/C17H16O2S/c1-3-4-5-6-16-11(2)12-9-15-13(10-17(12)20-16)14(18)7-8-19-15/h3-6,9-10H,7-8H2,1-2H3/b4-3-,6-5-. The number of carbonyl (C=O) groups is 1. The maximum Gasteiger partial charge on any atom is 0.170 e. The third-order valence-corrected chi connectivity index (χ3v) is 4.73. The summed E-state index contributed by atoms with van der Waals surface area (Å²) in [5.74, 6) is 0.920. The van der Waals surface area contributed by atoms with E-state index in [0.717, 1.165) is 16.0 Å². The average molecular weight is 284 g/mol. The van der Waals surface area contributed by atoms with Crippen LogP contribution >= 0.6 is 11.3 Å². The van der Waals surface area contributed by atoms with Crippen LogP contribution in [0.5, 0.6) is 5.75 Å². The van der Waals surface area contributed by atoms with Crippen molar-refractivity contribution in [3.63, 3.8) is 0 Å². The molecule has 0 atom stereocenters. The van der Waals surface area contributed by atoms with Crippen LogP contribution in [0.15, 0.2) is 30.4 Å². The molecule has 1 aromatic carbocycles. The number of rotatable bonds is 2. The van der Waals surface area contributed by atoms with Crippen molar-refractivity contribution in [2.45, 2.75) is 20.3 Å². The molecular weight excluding hydrogens is 268 g/mol. The van der Waals surface area contributed by atoms with E-state index in [-0.39, 0.29) is 5.78 Å². The number of hydrogen-bond donors (Lipinski definition) is 0. The Balaban J connectivity index is 2.14. The average Bonchev–Trinajstić information content (AvgIpc) is 2.75. The van der Waals surface area contributed by atoms with E-state index in [4.69, 9.17) is 4.74 Å². The molecule has 102 valence electrons. The molecule has 1 aromatic heterocycles. The van der Waals surface area contributed by atoms with Gasteiger partial charge in [-0.05, 0) is 43.0 Å². The van der Waals surface area contributed by atoms with Gasteiger partial charge in [-0.25, -0.2) is 0 Å². The lowest BCUT2D eigenvalue weighted by Crippen LogP contribution is -2.14. The number of Topliss-reactive ketones (excluding diaryl/α,β-unsaturated/α-hetero) is 1. The van der Waals surface area contributed by atoms with Crippen LogP contribution in [-0.2, 0) is 0 Å². The van der Waals surface area contributed by atoms with Gasteiger partial charge in [0.05, 0.1) is 12.2 Å². The summed E-state index contributed by atoms with van der Waals surface area (Å²) in [7, 11) is 0. The highest BCUT2D eigenvalue weighted by atomic mass is 32.1. The molecule has 3 rings (SSSR count). The Labute approximate surface area is 122 Å². The lowest BCUT2D eigenvalue weighted by atomic mass is 10.0. The van der Waals surface area contributed by atoms with Gasteiger partial charge in [0.25, 0.3) is 0 Å². The number of ketones is 1. The van der Waals surface area contributed by atoms with Gasteiger partial charge in [0.15, 0.2) is 5.78 Å². The van der Waals surface area contributed by atoms with Crippen molar-refractivity contribution >= 4 is 33.3 Å². The number of carbonyl (C=O) groups excluding carboxylic acids is 1. The van der Waals surface area contributed by atoms with Crippen molar-refractivity contribution in [3.8, 4) is 5.75 Å². The summed E-state index contributed by atoms with van der Waals surface area (Å²) in [6.45, 7) is 4.61. The van der Waals surface area contributed by atoms with Crippen LogP contribution in [0.4, 0.5) is 0 Å². The van der Waals surface area contributed by atoms with Gasteiger partial charge in [0.2, 0.25) is 0 Å². The van der Waals surface area contributed by atoms with Crippen LogP contribution in [0.1, 0.15) is 34.1 Å². The van der Waals surface area contributed by atoms with Gasteiger partial charge in [-0.1, -0.05) is 18.2 Å². The molecular formula is C17H16O2S. The molecule has 3 heteroatoms. The van der Waals surface area contributed by atoms with Gasteiger partial charge >= 0.3 is 0 Å². The second-order valence-electron chi connectivity index (χ2n) is 4.84. The van der Waals surface area contributed by atoms with Crippen LogP contribution in [0, 0.1) is 6.92 Å². The van der Waals surface area contributed by atoms with Gasteiger partial charge < -0.3 is 4.74 Å². The summed E-state index contributed by atoms with van der Waals surface area (Å²) in [5.41, 5.74) is 1.98. The minimum Gasteiger partial charge on any atom is -0.492 e. The summed E-state index contributed by atoms with van der Waals surface area (Å²) in [4.78, 5) is 13.2. The first-order valence-electron chi connectivity index (χ1n) is 6.73. The Morgan fingerprint density at radius 2 is 2.15 bits per heavy atom. The van der Waals surface area contributed by atoms with Crippen molar-refractivity contribution < 1.29 is 9.53 Å². The maximum atomic E-state index is 11.9. The molecule has 20 heavy (non-hydrogen) atoms. The molecule has 2 nitrogen and oxygen atoms in total. The zero-order chi connectivity index (χ0) is 14.1. The number of aryl methyl sites for hydroxylation is 1. The van der Waals surface area contributed by atoms with E-state index < -0.39 is 0 Å². The van der Waals surface area contributed by atoms with Crippen molar-refractivity contribution in [2.75, 3.05) is 6.61 Å². The fourth-order valence-electron chi connectivity index (χ4n) is 2.40. The molecule has 0 bridgehead atoms. The monoisotopic (exact) mass is 284 g/mol. The largest absolute Gasteiger partial charge is 0.492 e. The smallest absolute Gasteiger partial charge is 0.170 e. The van der Waals surface area contributed by atoms with E-state index in [1.807, 2.05) is 37.3 Å². The van der Waals surface area contributed by atoms with Crippen LogP contribution in [-0.4, -0.2) is 12.4 Å². The first-order chi connectivity index (χ1) is 9.70. The molecule has 0 saturated heterocycles. The van der Waals surface area contributed by atoms with E-state index in [9.17, 15) is 4.79 Å². The Morgan fingerprint density at radius 3 is 2.95 bits per heavy atom. The molecule has 0 spiro atoms. The number of benzene rings is 1. The molecule has 1 aliphatic rings. The SMILES string of the molecule is C/C=C\C=C/c1sc2cc3c(cc2c1C)OCCC3=O. The third kappa shape index (κ3) is 2.18. The van der Waals surface area contributed by atoms with E-state index in [0.29, 0.717) is 13.0 Å². The van der Waals surface area contributed by atoms with E-state index in [2.05, 4.69) is 13.0 Å². The lowest BCUT2D eigenvalue weighted by molar-refractivity contribution is 0.0934. The molecule has 2 aromatic rings. The predicted molar refractivity (Wildman–Crippen MR) is 84.9 cm³/mol. The van der Waals surface area contributed by atoms with Gasteiger partial charge in [0.1, 0.15) is 5.75 Å². The van der Waals surface area contributed by atoms with Gasteiger partial charge in [-0.3, -0.25) is 4.79 Å². The zero-order valence-electron chi connectivity index (χ0n) is 11.6. The minimum atomic E-state index is 0.185. The number of hydrogen-bond acceptors (Lipinski definition) is 3. The van der Waals surface area contributed by atoms with Gasteiger partial charge in [-0.2, -0.15) is 0 Å². The number of thiophene rings is 1.